The van der Waals surface area contributed by atoms with E-state index in [1.165, 1.54) is 25.1 Å². The molecule has 0 fully saturated rings. The van der Waals surface area contributed by atoms with Crippen molar-refractivity contribution in [2.24, 2.45) is 0 Å². The zero-order valence-corrected chi connectivity index (χ0v) is 16.6. The first-order chi connectivity index (χ1) is 14.6. The van der Waals surface area contributed by atoms with Crippen LogP contribution in [0.3, 0.4) is 0 Å². The van der Waals surface area contributed by atoms with E-state index in [0.29, 0.717) is 28.1 Å². The van der Waals surface area contributed by atoms with Gasteiger partial charge < -0.3 is 10.1 Å². The number of rotatable bonds is 5. The maximum absolute atomic E-state index is 12.7. The monoisotopic (exact) mass is 433 g/mol. The van der Waals surface area contributed by atoms with Crippen LogP contribution in [0.2, 0.25) is 0 Å². The van der Waals surface area contributed by atoms with E-state index >= 15 is 0 Å². The lowest BCUT2D eigenvalue weighted by molar-refractivity contribution is -0.384. The fourth-order valence-corrected chi connectivity index (χ4v) is 3.55. The Morgan fingerprint density at radius 3 is 2.58 bits per heavy atom. The molecule has 1 N–H and O–H groups in total. The Bertz CT molecular complexity index is 1080. The second-order valence-electron chi connectivity index (χ2n) is 6.92. The summed E-state index contributed by atoms with van der Waals surface area (Å²) in [5, 5.41) is 14.3. The third kappa shape index (κ3) is 4.90. The summed E-state index contributed by atoms with van der Waals surface area (Å²) in [6.45, 7) is 1.54. The van der Waals surface area contributed by atoms with E-state index < -0.39 is 29.6 Å². The van der Waals surface area contributed by atoms with Gasteiger partial charge in [0.15, 0.2) is 6.61 Å². The fraction of sp³-hybridized carbons (Fsp3) is 0.238. The van der Waals surface area contributed by atoms with Gasteiger partial charge in [-0.25, -0.2) is 4.79 Å². The van der Waals surface area contributed by atoms with Crippen molar-refractivity contribution in [1.82, 2.24) is 10.3 Å². The third-order valence-corrected chi connectivity index (χ3v) is 4.73. The topological polar surface area (TPSA) is 94.4 Å². The molecular weight excluding hydrogens is 415 g/mol. The van der Waals surface area contributed by atoms with E-state index in [1.54, 1.807) is 37.5 Å². The van der Waals surface area contributed by atoms with Crippen molar-refractivity contribution in [2.75, 3.05) is 6.61 Å². The lowest BCUT2D eigenvalue weighted by Gasteiger charge is -2.31. The van der Waals surface area contributed by atoms with Crippen molar-refractivity contribution in [3.05, 3.63) is 87.0 Å². The predicted molar refractivity (Wildman–Crippen MR) is 106 cm³/mol. The summed E-state index contributed by atoms with van der Waals surface area (Å²) in [5.41, 5.74) is 2.19. The number of alkyl halides is 3. The van der Waals surface area contributed by atoms with E-state index in [1.807, 2.05) is 0 Å². The van der Waals surface area contributed by atoms with Crippen LogP contribution in [-0.2, 0) is 9.53 Å². The van der Waals surface area contributed by atoms with Gasteiger partial charge in [0.05, 0.1) is 10.5 Å². The first kappa shape index (κ1) is 22.0. The number of dihydropyridines is 1. The van der Waals surface area contributed by atoms with Gasteiger partial charge in [0.1, 0.15) is 0 Å². The van der Waals surface area contributed by atoms with Gasteiger partial charge >= 0.3 is 12.1 Å². The van der Waals surface area contributed by atoms with Crippen molar-refractivity contribution in [3.8, 4) is 0 Å². The Balaban J connectivity index is 2.16. The number of allylic oxidation sites excluding steroid dienone is 3. The summed E-state index contributed by atoms with van der Waals surface area (Å²) < 4.78 is 42.5. The van der Waals surface area contributed by atoms with Crippen LogP contribution < -0.4 is 5.32 Å². The quantitative estimate of drug-likeness (QED) is 0.424. The molecule has 0 radical (unpaired) electrons. The van der Waals surface area contributed by atoms with Gasteiger partial charge in [-0.05, 0) is 36.6 Å². The molecule has 0 spiro atoms. The number of pyridine rings is 1. The molecule has 1 unspecified atom stereocenters. The van der Waals surface area contributed by atoms with E-state index in [2.05, 4.69) is 15.0 Å². The summed E-state index contributed by atoms with van der Waals surface area (Å²) >= 11 is 0. The van der Waals surface area contributed by atoms with E-state index in [4.69, 9.17) is 0 Å². The van der Waals surface area contributed by atoms with Crippen molar-refractivity contribution in [3.63, 3.8) is 0 Å². The first-order valence-corrected chi connectivity index (χ1v) is 9.15. The van der Waals surface area contributed by atoms with Crippen LogP contribution in [0.25, 0.3) is 5.57 Å². The Morgan fingerprint density at radius 1 is 1.23 bits per heavy atom. The number of hydrogen-bond donors (Lipinski definition) is 1. The molecule has 0 aliphatic carbocycles. The number of carbonyl (C=O) groups is 1. The summed E-state index contributed by atoms with van der Waals surface area (Å²) in [4.78, 5) is 27.5. The molecule has 0 saturated heterocycles. The van der Waals surface area contributed by atoms with Gasteiger partial charge in [-0.2, -0.15) is 13.2 Å². The van der Waals surface area contributed by atoms with Crippen LogP contribution in [-0.4, -0.2) is 28.7 Å². The minimum atomic E-state index is -4.69. The number of ether oxygens (including phenoxy) is 1. The number of halogens is 3. The van der Waals surface area contributed by atoms with Crippen LogP contribution in [0.4, 0.5) is 18.9 Å². The molecule has 2 aromatic rings. The average molecular weight is 433 g/mol. The Morgan fingerprint density at radius 2 is 1.97 bits per heavy atom. The Labute approximate surface area is 175 Å². The maximum Gasteiger partial charge on any atom is 0.422 e. The number of benzene rings is 1. The van der Waals surface area contributed by atoms with Crippen LogP contribution >= 0.6 is 0 Å². The first-order valence-electron chi connectivity index (χ1n) is 9.15. The van der Waals surface area contributed by atoms with Crippen LogP contribution in [0.5, 0.6) is 0 Å². The summed E-state index contributed by atoms with van der Waals surface area (Å²) in [6, 6.07) is 9.04. The highest BCUT2D eigenvalue weighted by molar-refractivity contribution is 5.97. The molecule has 1 aliphatic heterocycles. The van der Waals surface area contributed by atoms with Crippen LogP contribution in [0.15, 0.2) is 65.8 Å². The van der Waals surface area contributed by atoms with Crippen molar-refractivity contribution < 1.29 is 27.6 Å². The SMILES string of the molecule is CC1=C(C(=O)OCC(F)(F)F)C(c2cccc([N+](=O)[O-])c2)C(c2cccnc2)=C(C)N1. The Kier molecular flexibility index (Phi) is 6.09. The number of nitro benzene ring substituents is 1. The molecule has 162 valence electrons. The molecule has 10 heteroatoms. The molecule has 7 nitrogen and oxygen atoms in total. The number of esters is 1. The smallest absolute Gasteiger partial charge is 0.422 e. The third-order valence-electron chi connectivity index (χ3n) is 4.73. The summed E-state index contributed by atoms with van der Waals surface area (Å²) in [6.07, 6.45) is -1.59. The van der Waals surface area contributed by atoms with E-state index in [9.17, 15) is 28.1 Å². The van der Waals surface area contributed by atoms with Gasteiger partial charge in [-0.3, -0.25) is 15.1 Å². The fourth-order valence-electron chi connectivity index (χ4n) is 3.55. The second-order valence-corrected chi connectivity index (χ2v) is 6.92. The maximum atomic E-state index is 12.7. The van der Waals surface area contributed by atoms with E-state index in [0.717, 1.165) is 0 Å². The largest absolute Gasteiger partial charge is 0.453 e. The molecule has 1 aliphatic rings. The molecule has 1 aromatic carbocycles. The molecule has 0 bridgehead atoms. The van der Waals surface area contributed by atoms with Crippen molar-refractivity contribution in [1.29, 1.82) is 0 Å². The zero-order chi connectivity index (χ0) is 22.8. The van der Waals surface area contributed by atoms with Crippen molar-refractivity contribution >= 4 is 17.2 Å². The van der Waals surface area contributed by atoms with Gasteiger partial charge in [0.25, 0.3) is 5.69 Å². The summed E-state index contributed by atoms with van der Waals surface area (Å²) in [7, 11) is 0. The number of hydrogen-bond acceptors (Lipinski definition) is 6. The molecule has 31 heavy (non-hydrogen) atoms. The van der Waals surface area contributed by atoms with Crippen LogP contribution in [0.1, 0.15) is 30.9 Å². The highest BCUT2D eigenvalue weighted by atomic mass is 19.4. The minimum Gasteiger partial charge on any atom is -0.453 e. The molecule has 0 saturated carbocycles. The summed E-state index contributed by atoms with van der Waals surface area (Å²) in [5.74, 6) is -2.06. The van der Waals surface area contributed by atoms with Gasteiger partial charge in [0.2, 0.25) is 0 Å². The van der Waals surface area contributed by atoms with Gasteiger partial charge in [0, 0.05) is 41.8 Å². The highest BCUT2D eigenvalue weighted by Crippen LogP contribution is 2.44. The minimum absolute atomic E-state index is 0.0609. The number of aromatic nitrogens is 1. The molecule has 1 aromatic heterocycles. The molecule has 3 rings (SSSR count). The number of carbonyl (C=O) groups excluding carboxylic acids is 1. The lowest BCUT2D eigenvalue weighted by atomic mass is 9.78. The standard InChI is InChI=1S/C21H18F3N3O4/c1-12-17(15-6-4-8-25-10-15)19(14-5-3-7-16(9-14)27(29)30)18(13(2)26-12)20(28)31-11-21(22,23)24/h3-10,19,26H,11H2,1-2H3. The normalized spacial score (nSPS) is 16.7. The Hall–Kier alpha value is -3.69. The number of nitrogens with one attached hydrogen (secondary N) is 1. The molecule has 0 amide bonds. The lowest BCUT2D eigenvalue weighted by Crippen LogP contribution is -2.30. The second kappa shape index (κ2) is 8.58. The van der Waals surface area contributed by atoms with Crippen molar-refractivity contribution in [2.45, 2.75) is 25.9 Å². The zero-order valence-electron chi connectivity index (χ0n) is 16.6. The van der Waals surface area contributed by atoms with Gasteiger partial charge in [-0.1, -0.05) is 18.2 Å². The van der Waals surface area contributed by atoms with Gasteiger partial charge in [-0.15, -0.1) is 0 Å². The average Bonchev–Trinajstić information content (AvgIpc) is 2.71. The van der Waals surface area contributed by atoms with Crippen LogP contribution in [0, 0.1) is 10.1 Å². The van der Waals surface area contributed by atoms with E-state index in [-0.39, 0.29) is 11.3 Å². The number of nitrogens with zero attached hydrogens (tertiary/aromatic N) is 2. The molecule has 1 atom stereocenters. The predicted octanol–water partition coefficient (Wildman–Crippen LogP) is 4.49. The molecule has 2 heterocycles. The number of nitro groups is 1. The number of non-ortho nitro benzene ring substituents is 1. The molecular formula is C21H18F3N3O4. The highest BCUT2D eigenvalue weighted by Gasteiger charge is 2.37.